The fourth-order valence-electron chi connectivity index (χ4n) is 1.45. The van der Waals surface area contributed by atoms with Gasteiger partial charge >= 0.3 is 0 Å². The fraction of sp³-hybridized carbons (Fsp3) is 0.0769. The zero-order chi connectivity index (χ0) is 13.1. The highest BCUT2D eigenvalue weighted by Crippen LogP contribution is 2.28. The van der Waals surface area contributed by atoms with Gasteiger partial charge in [0.05, 0.1) is 10.0 Å². The number of nitrogens with two attached hydrogens (primary N) is 1. The molecule has 5 heteroatoms. The molecule has 0 fully saturated rings. The highest BCUT2D eigenvalue weighted by atomic mass is 35.5. The van der Waals surface area contributed by atoms with Crippen LogP contribution in [0.1, 0.15) is 5.56 Å². The molecule has 0 spiro atoms. The summed E-state index contributed by atoms with van der Waals surface area (Å²) in [5.41, 5.74) is 6.40. The lowest BCUT2D eigenvalue weighted by Crippen LogP contribution is -2.00. The van der Waals surface area contributed by atoms with Crippen molar-refractivity contribution >= 4 is 28.9 Å². The summed E-state index contributed by atoms with van der Waals surface area (Å²) in [6.45, 7) is 0.00907. The van der Waals surface area contributed by atoms with Crippen molar-refractivity contribution in [1.29, 1.82) is 0 Å². The molecule has 94 valence electrons. The van der Waals surface area contributed by atoms with Gasteiger partial charge < -0.3 is 10.5 Å². The second-order valence-corrected chi connectivity index (χ2v) is 4.49. The Morgan fingerprint density at radius 2 is 1.89 bits per heavy atom. The van der Waals surface area contributed by atoms with Gasteiger partial charge in [0.1, 0.15) is 18.2 Å². The van der Waals surface area contributed by atoms with Crippen LogP contribution in [0, 0.1) is 5.82 Å². The van der Waals surface area contributed by atoms with Crippen molar-refractivity contribution in [3.63, 3.8) is 0 Å². The van der Waals surface area contributed by atoms with Crippen LogP contribution in [0.2, 0.25) is 10.0 Å². The molecule has 2 N–H and O–H groups in total. The minimum absolute atomic E-state index is 0.00907. The number of hydrogen-bond acceptors (Lipinski definition) is 2. The molecule has 0 aliphatic heterocycles. The topological polar surface area (TPSA) is 35.2 Å². The third-order valence-electron chi connectivity index (χ3n) is 2.39. The van der Waals surface area contributed by atoms with Gasteiger partial charge in [0, 0.05) is 11.3 Å². The van der Waals surface area contributed by atoms with E-state index in [2.05, 4.69) is 0 Å². The smallest absolute Gasteiger partial charge is 0.138 e. The summed E-state index contributed by atoms with van der Waals surface area (Å²) in [6.07, 6.45) is 0. The molecule has 0 aromatic heterocycles. The predicted octanol–water partition coefficient (Wildman–Crippen LogP) is 4.29. The molecule has 0 unspecified atom stereocenters. The largest absolute Gasteiger partial charge is 0.487 e. The van der Waals surface area contributed by atoms with Gasteiger partial charge in [-0.2, -0.15) is 0 Å². The molecule has 2 nitrogen and oxygen atoms in total. The van der Waals surface area contributed by atoms with E-state index in [1.807, 2.05) is 0 Å². The summed E-state index contributed by atoms with van der Waals surface area (Å²) in [5, 5.41) is 0.698. The summed E-state index contributed by atoms with van der Waals surface area (Å²) in [4.78, 5) is 0. The summed E-state index contributed by atoms with van der Waals surface area (Å²) in [7, 11) is 0. The first-order valence-corrected chi connectivity index (χ1v) is 5.94. The minimum Gasteiger partial charge on any atom is -0.487 e. The Balaban J connectivity index is 2.16. The second kappa shape index (κ2) is 5.46. The maximum absolute atomic E-state index is 13.5. The van der Waals surface area contributed by atoms with Gasteiger partial charge in [0.25, 0.3) is 0 Å². The van der Waals surface area contributed by atoms with Gasteiger partial charge in [-0.15, -0.1) is 0 Å². The first kappa shape index (κ1) is 13.0. The van der Waals surface area contributed by atoms with Crippen molar-refractivity contribution in [2.24, 2.45) is 0 Å². The van der Waals surface area contributed by atoms with Gasteiger partial charge in [-0.25, -0.2) is 4.39 Å². The Kier molecular flexibility index (Phi) is 3.94. The molecule has 0 saturated heterocycles. The third kappa shape index (κ3) is 2.86. The normalized spacial score (nSPS) is 10.4. The van der Waals surface area contributed by atoms with E-state index in [-0.39, 0.29) is 6.61 Å². The van der Waals surface area contributed by atoms with E-state index in [4.69, 9.17) is 33.7 Å². The van der Waals surface area contributed by atoms with Crippen LogP contribution in [-0.2, 0) is 6.61 Å². The Morgan fingerprint density at radius 1 is 1.11 bits per heavy atom. The van der Waals surface area contributed by atoms with Crippen molar-refractivity contribution in [3.8, 4) is 5.75 Å². The Hall–Kier alpha value is -1.45. The molecule has 18 heavy (non-hydrogen) atoms. The van der Waals surface area contributed by atoms with Crippen LogP contribution < -0.4 is 10.5 Å². The van der Waals surface area contributed by atoms with Crippen LogP contribution in [0.25, 0.3) is 0 Å². The van der Waals surface area contributed by atoms with Crippen LogP contribution >= 0.6 is 23.2 Å². The number of hydrogen-bond donors (Lipinski definition) is 1. The van der Waals surface area contributed by atoms with E-state index in [1.54, 1.807) is 24.3 Å². The van der Waals surface area contributed by atoms with Gasteiger partial charge in [-0.3, -0.25) is 0 Å². The summed E-state index contributed by atoms with van der Waals surface area (Å²) >= 11 is 11.8. The van der Waals surface area contributed by atoms with Gasteiger partial charge in [0.2, 0.25) is 0 Å². The highest BCUT2D eigenvalue weighted by molar-refractivity contribution is 6.32. The summed E-state index contributed by atoms with van der Waals surface area (Å²) < 4.78 is 18.9. The van der Waals surface area contributed by atoms with Crippen molar-refractivity contribution < 1.29 is 9.13 Å². The quantitative estimate of drug-likeness (QED) is 0.854. The Labute approximate surface area is 114 Å². The third-order valence-corrected chi connectivity index (χ3v) is 3.04. The molecular weight excluding hydrogens is 276 g/mol. The van der Waals surface area contributed by atoms with Crippen LogP contribution in [0.4, 0.5) is 10.1 Å². The van der Waals surface area contributed by atoms with E-state index in [9.17, 15) is 4.39 Å². The first-order chi connectivity index (χ1) is 8.58. The molecule has 0 heterocycles. The van der Waals surface area contributed by atoms with Crippen LogP contribution in [0.3, 0.4) is 0 Å². The summed E-state index contributed by atoms with van der Waals surface area (Å²) in [5.74, 6) is 0.0271. The molecule has 0 aliphatic rings. The van der Waals surface area contributed by atoms with E-state index >= 15 is 0 Å². The molecule has 0 atom stereocenters. The zero-order valence-corrected chi connectivity index (χ0v) is 10.8. The van der Waals surface area contributed by atoms with Gasteiger partial charge in [0.15, 0.2) is 0 Å². The van der Waals surface area contributed by atoms with Gasteiger partial charge in [-0.05, 0) is 30.3 Å². The van der Waals surface area contributed by atoms with Gasteiger partial charge in [-0.1, -0.05) is 29.3 Å². The minimum atomic E-state index is -0.408. The molecule has 2 aromatic rings. The van der Waals surface area contributed by atoms with Crippen molar-refractivity contribution in [2.75, 3.05) is 5.73 Å². The first-order valence-electron chi connectivity index (χ1n) is 5.18. The molecule has 2 rings (SSSR count). The number of benzene rings is 2. The molecule has 0 amide bonds. The Bertz CT molecular complexity index is 555. The number of anilines is 1. The fourth-order valence-corrected chi connectivity index (χ4v) is 1.92. The lowest BCUT2D eigenvalue weighted by Gasteiger charge is -2.10. The van der Waals surface area contributed by atoms with Crippen molar-refractivity contribution in [1.82, 2.24) is 0 Å². The van der Waals surface area contributed by atoms with Crippen LogP contribution in [0.15, 0.2) is 36.4 Å². The SMILES string of the molecule is Nc1ccc(OCc2c(F)cccc2Cl)c(Cl)c1. The maximum atomic E-state index is 13.5. The zero-order valence-electron chi connectivity index (χ0n) is 9.29. The molecule has 2 aromatic carbocycles. The monoisotopic (exact) mass is 285 g/mol. The van der Waals surface area contributed by atoms with E-state index in [0.29, 0.717) is 27.0 Å². The Morgan fingerprint density at radius 3 is 2.56 bits per heavy atom. The molecule has 0 radical (unpaired) electrons. The van der Waals surface area contributed by atoms with E-state index < -0.39 is 5.82 Å². The number of halogens is 3. The van der Waals surface area contributed by atoms with E-state index in [1.165, 1.54) is 12.1 Å². The number of rotatable bonds is 3. The number of nitrogen functional groups attached to an aromatic ring is 1. The van der Waals surface area contributed by atoms with Crippen molar-refractivity contribution in [2.45, 2.75) is 6.61 Å². The standard InChI is InChI=1S/C13H10Cl2FNO/c14-10-2-1-3-12(16)9(10)7-18-13-5-4-8(17)6-11(13)15/h1-6H,7,17H2. The predicted molar refractivity (Wildman–Crippen MR) is 71.6 cm³/mol. The summed E-state index contributed by atoms with van der Waals surface area (Å²) in [6, 6.07) is 9.33. The van der Waals surface area contributed by atoms with E-state index in [0.717, 1.165) is 0 Å². The second-order valence-electron chi connectivity index (χ2n) is 3.68. The van der Waals surface area contributed by atoms with Crippen molar-refractivity contribution in [3.05, 3.63) is 57.8 Å². The molecule has 0 saturated carbocycles. The highest BCUT2D eigenvalue weighted by Gasteiger charge is 2.09. The lowest BCUT2D eigenvalue weighted by atomic mass is 10.2. The molecule has 0 aliphatic carbocycles. The lowest BCUT2D eigenvalue weighted by molar-refractivity contribution is 0.300. The maximum Gasteiger partial charge on any atom is 0.138 e. The molecular formula is C13H10Cl2FNO. The average Bonchev–Trinajstić information content (AvgIpc) is 2.31. The number of ether oxygens (including phenoxy) is 1. The van der Waals surface area contributed by atoms with Crippen LogP contribution in [0.5, 0.6) is 5.75 Å². The average molecular weight is 286 g/mol. The van der Waals surface area contributed by atoms with Crippen LogP contribution in [-0.4, -0.2) is 0 Å². The molecule has 0 bridgehead atoms.